The van der Waals surface area contributed by atoms with Crippen molar-refractivity contribution >= 4 is 17.2 Å². The fraction of sp³-hybridized carbons (Fsp3) is 0.320. The molecule has 31 heavy (non-hydrogen) atoms. The molecule has 0 aliphatic rings. The summed E-state index contributed by atoms with van der Waals surface area (Å²) in [6.45, 7) is 3.00. The Balaban J connectivity index is 1.96. The summed E-state index contributed by atoms with van der Waals surface area (Å²) >= 11 is 5.50. The summed E-state index contributed by atoms with van der Waals surface area (Å²) in [7, 11) is 1.60. The van der Waals surface area contributed by atoms with Crippen LogP contribution in [0.1, 0.15) is 30.6 Å². The third-order valence-corrected chi connectivity index (χ3v) is 4.65. The number of terminal acetylenes is 1. The average molecular weight is 440 g/mol. The van der Waals surface area contributed by atoms with Crippen LogP contribution in [0.5, 0.6) is 11.5 Å². The van der Waals surface area contributed by atoms with E-state index in [1.807, 2.05) is 25.1 Å². The first-order valence-electron chi connectivity index (χ1n) is 9.92. The number of ether oxygens (including phenoxy) is 3. The van der Waals surface area contributed by atoms with Gasteiger partial charge in [-0.25, -0.2) is 4.39 Å². The summed E-state index contributed by atoms with van der Waals surface area (Å²) in [5, 5.41) is 3.21. The molecule has 6 heteroatoms. The fourth-order valence-corrected chi connectivity index (χ4v) is 3.10. The standard InChI is InChI=1S/C25H26FNO3S/c1-4-6-7-17-29-22-13-8-19(18-23(22)28-3)14-15-27-25(31)24(30-16-5-2)20-9-11-21(26)12-10-20/h2,8-13,18,24H,4,14-17H2,1,3H3,(H,27,31). The molecule has 0 aliphatic carbocycles. The van der Waals surface area contributed by atoms with Crippen molar-refractivity contribution < 1.29 is 18.6 Å². The van der Waals surface area contributed by atoms with Crippen molar-refractivity contribution in [3.8, 4) is 35.7 Å². The van der Waals surface area contributed by atoms with E-state index >= 15 is 0 Å². The zero-order valence-electron chi connectivity index (χ0n) is 17.7. The number of nitrogens with one attached hydrogen (secondary N) is 1. The van der Waals surface area contributed by atoms with Crippen LogP contribution < -0.4 is 14.8 Å². The number of hydrogen-bond acceptors (Lipinski definition) is 4. The molecule has 162 valence electrons. The molecule has 0 spiro atoms. The van der Waals surface area contributed by atoms with E-state index in [0.29, 0.717) is 36.1 Å². The summed E-state index contributed by atoms with van der Waals surface area (Å²) in [6.07, 6.45) is 6.27. The van der Waals surface area contributed by atoms with E-state index < -0.39 is 6.10 Å². The van der Waals surface area contributed by atoms with Gasteiger partial charge in [0.05, 0.1) is 7.11 Å². The molecule has 2 aromatic carbocycles. The summed E-state index contributed by atoms with van der Waals surface area (Å²) in [5.41, 5.74) is 1.80. The quantitative estimate of drug-likeness (QED) is 0.437. The van der Waals surface area contributed by atoms with Crippen molar-refractivity contribution in [3.63, 3.8) is 0 Å². The molecular formula is C25H26FNO3S. The van der Waals surface area contributed by atoms with Crippen LogP contribution >= 0.6 is 12.2 Å². The van der Waals surface area contributed by atoms with Gasteiger partial charge in [0.15, 0.2) is 11.5 Å². The average Bonchev–Trinajstić information content (AvgIpc) is 2.78. The van der Waals surface area contributed by atoms with Crippen LogP contribution in [0, 0.1) is 30.0 Å². The summed E-state index contributed by atoms with van der Waals surface area (Å²) in [4.78, 5) is 0.489. The van der Waals surface area contributed by atoms with Gasteiger partial charge in [-0.2, -0.15) is 0 Å². The predicted molar refractivity (Wildman–Crippen MR) is 125 cm³/mol. The Bertz CT molecular complexity index is 957. The van der Waals surface area contributed by atoms with E-state index in [9.17, 15) is 4.39 Å². The van der Waals surface area contributed by atoms with Crippen LogP contribution in [0.2, 0.25) is 0 Å². The molecule has 1 atom stereocenters. The SMILES string of the molecule is C#CCOC(C(=S)NCCc1ccc(OCC#CCC)c(OC)c1)c1ccc(F)cc1. The van der Waals surface area contributed by atoms with E-state index in [4.69, 9.17) is 32.9 Å². The highest BCUT2D eigenvalue weighted by Crippen LogP contribution is 2.28. The van der Waals surface area contributed by atoms with Crippen LogP contribution in [0.15, 0.2) is 42.5 Å². The van der Waals surface area contributed by atoms with Gasteiger partial charge in [0.1, 0.15) is 30.1 Å². The van der Waals surface area contributed by atoms with Crippen molar-refractivity contribution in [2.24, 2.45) is 0 Å². The van der Waals surface area contributed by atoms with Gasteiger partial charge in [-0.05, 0) is 41.8 Å². The molecule has 1 N–H and O–H groups in total. The minimum atomic E-state index is -0.541. The minimum absolute atomic E-state index is 0.102. The Kier molecular flexibility index (Phi) is 10.4. The van der Waals surface area contributed by atoms with Crippen molar-refractivity contribution in [2.75, 3.05) is 26.9 Å². The van der Waals surface area contributed by atoms with E-state index in [0.717, 1.165) is 17.5 Å². The van der Waals surface area contributed by atoms with Gasteiger partial charge in [0.25, 0.3) is 0 Å². The lowest BCUT2D eigenvalue weighted by Gasteiger charge is -2.20. The van der Waals surface area contributed by atoms with Crippen LogP contribution in [-0.4, -0.2) is 31.9 Å². The molecule has 0 radical (unpaired) electrons. The summed E-state index contributed by atoms with van der Waals surface area (Å²) in [6, 6.07) is 11.8. The lowest BCUT2D eigenvalue weighted by Crippen LogP contribution is -2.31. The van der Waals surface area contributed by atoms with Gasteiger partial charge in [-0.3, -0.25) is 0 Å². The molecule has 0 heterocycles. The monoisotopic (exact) mass is 439 g/mol. The molecule has 0 fully saturated rings. The Labute approximate surface area is 189 Å². The van der Waals surface area contributed by atoms with Crippen molar-refractivity contribution in [1.82, 2.24) is 5.32 Å². The molecule has 0 amide bonds. The zero-order chi connectivity index (χ0) is 22.5. The van der Waals surface area contributed by atoms with E-state index in [2.05, 4.69) is 23.1 Å². The van der Waals surface area contributed by atoms with Crippen LogP contribution in [0.4, 0.5) is 4.39 Å². The van der Waals surface area contributed by atoms with Crippen molar-refractivity contribution in [3.05, 3.63) is 59.4 Å². The molecule has 2 aromatic rings. The third-order valence-electron chi connectivity index (χ3n) is 4.29. The minimum Gasteiger partial charge on any atom is -0.493 e. The van der Waals surface area contributed by atoms with Crippen LogP contribution in [0.25, 0.3) is 0 Å². The fourth-order valence-electron chi connectivity index (χ4n) is 2.79. The Hall–Kier alpha value is -3.06. The first-order valence-corrected chi connectivity index (χ1v) is 10.3. The Morgan fingerprint density at radius 2 is 1.90 bits per heavy atom. The van der Waals surface area contributed by atoms with E-state index in [1.165, 1.54) is 12.1 Å². The number of halogens is 1. The predicted octanol–water partition coefficient (Wildman–Crippen LogP) is 4.48. The zero-order valence-corrected chi connectivity index (χ0v) is 18.6. The molecule has 0 aliphatic heterocycles. The van der Waals surface area contributed by atoms with E-state index in [1.54, 1.807) is 19.2 Å². The van der Waals surface area contributed by atoms with Crippen LogP contribution in [-0.2, 0) is 11.2 Å². The van der Waals surface area contributed by atoms with Gasteiger partial charge in [0.2, 0.25) is 0 Å². The van der Waals surface area contributed by atoms with Crippen molar-refractivity contribution in [2.45, 2.75) is 25.9 Å². The number of hydrogen-bond donors (Lipinski definition) is 1. The highest BCUT2D eigenvalue weighted by molar-refractivity contribution is 7.80. The molecule has 1 unspecified atom stereocenters. The van der Waals surface area contributed by atoms with E-state index in [-0.39, 0.29) is 12.4 Å². The molecular weight excluding hydrogens is 413 g/mol. The summed E-state index contributed by atoms with van der Waals surface area (Å²) in [5.74, 6) is 9.33. The lowest BCUT2D eigenvalue weighted by atomic mass is 10.1. The second kappa shape index (κ2) is 13.3. The smallest absolute Gasteiger partial charge is 0.162 e. The normalized spacial score (nSPS) is 10.9. The van der Waals surface area contributed by atoms with Gasteiger partial charge in [-0.1, -0.05) is 49.2 Å². The molecule has 0 saturated heterocycles. The number of methoxy groups -OCH3 is 1. The number of rotatable bonds is 10. The Morgan fingerprint density at radius 1 is 1.13 bits per heavy atom. The first-order chi connectivity index (χ1) is 15.1. The van der Waals surface area contributed by atoms with Crippen LogP contribution in [0.3, 0.4) is 0 Å². The molecule has 0 saturated carbocycles. The van der Waals surface area contributed by atoms with Gasteiger partial charge >= 0.3 is 0 Å². The lowest BCUT2D eigenvalue weighted by molar-refractivity contribution is 0.127. The van der Waals surface area contributed by atoms with Gasteiger partial charge in [0, 0.05) is 13.0 Å². The maximum absolute atomic E-state index is 13.2. The van der Waals surface area contributed by atoms with Gasteiger partial charge in [-0.15, -0.1) is 12.3 Å². The maximum atomic E-state index is 13.2. The largest absolute Gasteiger partial charge is 0.493 e. The highest BCUT2D eigenvalue weighted by Gasteiger charge is 2.17. The molecule has 2 rings (SSSR count). The molecule has 0 aromatic heterocycles. The van der Waals surface area contributed by atoms with Gasteiger partial charge < -0.3 is 19.5 Å². The number of benzene rings is 2. The highest BCUT2D eigenvalue weighted by atomic mass is 32.1. The van der Waals surface area contributed by atoms with Crippen molar-refractivity contribution in [1.29, 1.82) is 0 Å². The first kappa shape index (κ1) is 24.2. The molecule has 0 bridgehead atoms. The third kappa shape index (κ3) is 7.94. The topological polar surface area (TPSA) is 39.7 Å². The second-order valence-electron chi connectivity index (χ2n) is 6.47. The number of thiocarbonyl (C=S) groups is 1. The summed E-state index contributed by atoms with van der Waals surface area (Å²) < 4.78 is 30.0. The Morgan fingerprint density at radius 3 is 2.58 bits per heavy atom. The second-order valence-corrected chi connectivity index (χ2v) is 6.91. The molecule has 4 nitrogen and oxygen atoms in total. The maximum Gasteiger partial charge on any atom is 0.162 e.